The summed E-state index contributed by atoms with van der Waals surface area (Å²) in [6.07, 6.45) is 2.83. The maximum atomic E-state index is 12.2. The van der Waals surface area contributed by atoms with Gasteiger partial charge in [-0.25, -0.2) is 4.98 Å². The first-order chi connectivity index (χ1) is 13.2. The normalized spacial score (nSPS) is 13.9. The van der Waals surface area contributed by atoms with Gasteiger partial charge in [-0.15, -0.1) is 11.3 Å². The van der Waals surface area contributed by atoms with Crippen LogP contribution in [0.15, 0.2) is 46.2 Å². The van der Waals surface area contributed by atoms with Crippen molar-refractivity contribution in [1.29, 1.82) is 0 Å². The van der Waals surface area contributed by atoms with Gasteiger partial charge >= 0.3 is 0 Å². The SMILES string of the molecule is Cc1ccc(-c2nc(CC(=O)NCc3ccc(N4CCCC4)cc3)cs2)o1. The van der Waals surface area contributed by atoms with Gasteiger partial charge in [-0.3, -0.25) is 4.79 Å². The summed E-state index contributed by atoms with van der Waals surface area (Å²) < 4.78 is 5.58. The van der Waals surface area contributed by atoms with Crippen LogP contribution in [0, 0.1) is 6.92 Å². The number of anilines is 1. The Morgan fingerprint density at radius 3 is 2.67 bits per heavy atom. The van der Waals surface area contributed by atoms with Crippen LogP contribution in [0.25, 0.3) is 10.8 Å². The lowest BCUT2D eigenvalue weighted by Crippen LogP contribution is -2.24. The quantitative estimate of drug-likeness (QED) is 0.696. The van der Waals surface area contributed by atoms with Crippen LogP contribution < -0.4 is 10.2 Å². The molecule has 1 amide bonds. The summed E-state index contributed by atoms with van der Waals surface area (Å²) in [7, 11) is 0. The van der Waals surface area contributed by atoms with Gasteiger partial charge in [-0.1, -0.05) is 12.1 Å². The van der Waals surface area contributed by atoms with Crippen molar-refractivity contribution >= 4 is 22.9 Å². The van der Waals surface area contributed by atoms with Crippen LogP contribution in [0.3, 0.4) is 0 Å². The molecular formula is C21H23N3O2S. The van der Waals surface area contributed by atoms with Crippen molar-refractivity contribution in [3.63, 3.8) is 0 Å². The third-order valence-corrected chi connectivity index (χ3v) is 5.65. The average molecular weight is 382 g/mol. The van der Waals surface area contributed by atoms with Crippen molar-refractivity contribution in [2.45, 2.75) is 32.7 Å². The number of hydrogen-bond donors (Lipinski definition) is 1. The first kappa shape index (κ1) is 17.8. The third kappa shape index (κ3) is 4.39. The molecule has 6 heteroatoms. The molecule has 2 aromatic heterocycles. The van der Waals surface area contributed by atoms with Gasteiger partial charge in [-0.05, 0) is 49.6 Å². The molecule has 0 atom stereocenters. The number of nitrogens with zero attached hydrogens (tertiary/aromatic N) is 2. The molecule has 5 nitrogen and oxygen atoms in total. The molecule has 0 aliphatic carbocycles. The lowest BCUT2D eigenvalue weighted by molar-refractivity contribution is -0.120. The summed E-state index contributed by atoms with van der Waals surface area (Å²) in [6.45, 7) is 4.73. The van der Waals surface area contributed by atoms with Gasteiger partial charge in [0, 0.05) is 30.7 Å². The van der Waals surface area contributed by atoms with Crippen LogP contribution in [0.2, 0.25) is 0 Å². The fourth-order valence-corrected chi connectivity index (χ4v) is 4.06. The molecule has 140 valence electrons. The highest BCUT2D eigenvalue weighted by Gasteiger charge is 2.13. The highest BCUT2D eigenvalue weighted by molar-refractivity contribution is 7.13. The van der Waals surface area contributed by atoms with E-state index in [2.05, 4.69) is 39.5 Å². The molecule has 3 heterocycles. The molecule has 0 bridgehead atoms. The molecule has 1 N–H and O–H groups in total. The van der Waals surface area contributed by atoms with Gasteiger partial charge in [0.05, 0.1) is 12.1 Å². The van der Waals surface area contributed by atoms with Gasteiger partial charge in [0.2, 0.25) is 5.91 Å². The standard InChI is InChI=1S/C21H23N3O2S/c1-15-4-9-19(26-15)21-23-17(14-27-21)12-20(25)22-13-16-5-7-18(8-6-16)24-10-2-3-11-24/h4-9,14H,2-3,10-13H2,1H3,(H,22,25). The molecule has 1 aliphatic heterocycles. The summed E-state index contributed by atoms with van der Waals surface area (Å²) in [5, 5.41) is 5.70. The van der Waals surface area contributed by atoms with Crippen LogP contribution in [-0.4, -0.2) is 24.0 Å². The molecule has 1 aliphatic rings. The predicted molar refractivity (Wildman–Crippen MR) is 108 cm³/mol. The molecule has 3 aromatic rings. The van der Waals surface area contributed by atoms with Crippen LogP contribution in [-0.2, 0) is 17.8 Å². The second kappa shape index (κ2) is 7.96. The maximum absolute atomic E-state index is 12.2. The zero-order valence-corrected chi connectivity index (χ0v) is 16.2. The lowest BCUT2D eigenvalue weighted by atomic mass is 10.2. The van der Waals surface area contributed by atoms with Crippen molar-refractivity contribution in [3.05, 3.63) is 58.8 Å². The van der Waals surface area contributed by atoms with Gasteiger partial charge in [0.25, 0.3) is 0 Å². The van der Waals surface area contributed by atoms with Crippen LogP contribution in [0.4, 0.5) is 5.69 Å². The van der Waals surface area contributed by atoms with E-state index in [1.54, 1.807) is 0 Å². The largest absolute Gasteiger partial charge is 0.459 e. The molecule has 1 fully saturated rings. The predicted octanol–water partition coefficient (Wildman–Crippen LogP) is 4.17. The van der Waals surface area contributed by atoms with Crippen molar-refractivity contribution in [2.75, 3.05) is 18.0 Å². The van der Waals surface area contributed by atoms with E-state index in [1.807, 2.05) is 24.4 Å². The Morgan fingerprint density at radius 2 is 1.96 bits per heavy atom. The topological polar surface area (TPSA) is 58.4 Å². The lowest BCUT2D eigenvalue weighted by Gasteiger charge is -2.17. The van der Waals surface area contributed by atoms with E-state index in [0.29, 0.717) is 6.54 Å². The smallest absolute Gasteiger partial charge is 0.226 e. The molecule has 0 unspecified atom stereocenters. The molecule has 27 heavy (non-hydrogen) atoms. The minimum atomic E-state index is -0.0221. The molecular weight excluding hydrogens is 358 g/mol. The zero-order valence-electron chi connectivity index (χ0n) is 15.4. The molecule has 1 saturated heterocycles. The minimum absolute atomic E-state index is 0.0221. The number of thiazole rings is 1. The molecule has 1 aromatic carbocycles. The second-order valence-electron chi connectivity index (χ2n) is 6.87. The van der Waals surface area contributed by atoms with Crippen molar-refractivity contribution in [3.8, 4) is 10.8 Å². The number of benzene rings is 1. The van der Waals surface area contributed by atoms with Crippen molar-refractivity contribution in [2.24, 2.45) is 0 Å². The minimum Gasteiger partial charge on any atom is -0.459 e. The Labute approximate surface area is 163 Å². The fraction of sp³-hybridized carbons (Fsp3) is 0.333. The number of hydrogen-bond acceptors (Lipinski definition) is 5. The monoisotopic (exact) mass is 381 g/mol. The van der Waals surface area contributed by atoms with E-state index >= 15 is 0 Å². The van der Waals surface area contributed by atoms with Crippen LogP contribution in [0.1, 0.15) is 29.9 Å². The first-order valence-corrected chi connectivity index (χ1v) is 10.2. The number of nitrogens with one attached hydrogen (secondary N) is 1. The number of aryl methyl sites for hydroxylation is 1. The van der Waals surface area contributed by atoms with Gasteiger partial charge < -0.3 is 14.6 Å². The Hall–Kier alpha value is -2.60. The van der Waals surface area contributed by atoms with Crippen molar-refractivity contribution in [1.82, 2.24) is 10.3 Å². The Morgan fingerprint density at radius 1 is 1.19 bits per heavy atom. The summed E-state index contributed by atoms with van der Waals surface area (Å²) in [5.74, 6) is 1.59. The molecule has 4 rings (SSSR count). The summed E-state index contributed by atoms with van der Waals surface area (Å²) >= 11 is 1.50. The van der Waals surface area contributed by atoms with E-state index in [1.165, 1.54) is 29.9 Å². The second-order valence-corrected chi connectivity index (χ2v) is 7.73. The third-order valence-electron chi connectivity index (χ3n) is 4.74. The van der Waals surface area contributed by atoms with Gasteiger partial charge in [0.1, 0.15) is 5.76 Å². The van der Waals surface area contributed by atoms with Crippen LogP contribution in [0.5, 0.6) is 0 Å². The van der Waals surface area contributed by atoms with E-state index in [9.17, 15) is 4.79 Å². The summed E-state index contributed by atoms with van der Waals surface area (Å²) in [4.78, 5) is 19.1. The molecule has 0 spiro atoms. The van der Waals surface area contributed by atoms with E-state index in [4.69, 9.17) is 4.42 Å². The summed E-state index contributed by atoms with van der Waals surface area (Å²) in [5.41, 5.74) is 3.15. The molecule has 0 saturated carbocycles. The van der Waals surface area contributed by atoms with Gasteiger partial charge in [0.15, 0.2) is 10.8 Å². The van der Waals surface area contributed by atoms with Gasteiger partial charge in [-0.2, -0.15) is 0 Å². The number of amides is 1. The number of carbonyl (C=O) groups excluding carboxylic acids is 1. The number of rotatable bonds is 6. The highest BCUT2D eigenvalue weighted by Crippen LogP contribution is 2.25. The fourth-order valence-electron chi connectivity index (χ4n) is 3.28. The van der Waals surface area contributed by atoms with Crippen LogP contribution >= 0.6 is 11.3 Å². The van der Waals surface area contributed by atoms with E-state index in [-0.39, 0.29) is 12.3 Å². The Bertz CT molecular complexity index is 908. The van der Waals surface area contributed by atoms with Crippen molar-refractivity contribution < 1.29 is 9.21 Å². The summed E-state index contributed by atoms with van der Waals surface area (Å²) in [6, 6.07) is 12.3. The number of carbonyl (C=O) groups is 1. The Balaban J connectivity index is 1.29. The zero-order chi connectivity index (χ0) is 18.6. The van der Waals surface area contributed by atoms with E-state index in [0.717, 1.165) is 40.9 Å². The average Bonchev–Trinajstić information content (AvgIpc) is 3.42. The maximum Gasteiger partial charge on any atom is 0.226 e. The molecule has 0 radical (unpaired) electrons. The highest BCUT2D eigenvalue weighted by atomic mass is 32.1. The number of aromatic nitrogens is 1. The Kier molecular flexibility index (Phi) is 5.25. The first-order valence-electron chi connectivity index (χ1n) is 9.29. The van der Waals surface area contributed by atoms with E-state index < -0.39 is 0 Å². The number of furan rings is 1.